The van der Waals surface area contributed by atoms with Crippen molar-refractivity contribution in [3.05, 3.63) is 23.8 Å². The molecule has 0 fully saturated rings. The summed E-state index contributed by atoms with van der Waals surface area (Å²) in [4.78, 5) is 18.5. The molecule has 0 spiro atoms. The van der Waals surface area contributed by atoms with Crippen molar-refractivity contribution < 1.29 is 14.6 Å². The number of thioether (sulfide) groups is 1. The van der Waals surface area contributed by atoms with Crippen LogP contribution in [0.25, 0.3) is 11.0 Å². The second-order valence-corrected chi connectivity index (χ2v) is 5.16. The van der Waals surface area contributed by atoms with Crippen LogP contribution in [0.3, 0.4) is 0 Å². The first-order chi connectivity index (χ1) is 9.10. The van der Waals surface area contributed by atoms with Gasteiger partial charge in [-0.2, -0.15) is 0 Å². The number of H-pyrrole nitrogens is 1. The number of aryl methyl sites for hydroxylation is 1. The van der Waals surface area contributed by atoms with Gasteiger partial charge < -0.3 is 14.8 Å². The van der Waals surface area contributed by atoms with Gasteiger partial charge in [-0.3, -0.25) is 0 Å². The summed E-state index contributed by atoms with van der Waals surface area (Å²) in [6, 6.07) is 5.96. The van der Waals surface area contributed by atoms with E-state index in [0.717, 1.165) is 16.6 Å². The highest BCUT2D eigenvalue weighted by atomic mass is 32.2. The SMILES string of the molecule is CCOC(CSc1nc2ccc(C)cc2[nH]1)C(=O)O. The summed E-state index contributed by atoms with van der Waals surface area (Å²) in [5.41, 5.74) is 3.01. The van der Waals surface area contributed by atoms with Crippen LogP contribution >= 0.6 is 11.8 Å². The Morgan fingerprint density at radius 3 is 3.05 bits per heavy atom. The number of nitrogens with one attached hydrogen (secondary N) is 1. The Hall–Kier alpha value is -1.53. The third-order valence-corrected chi connectivity index (χ3v) is 3.57. The number of aliphatic carboxylic acids is 1. The fourth-order valence-corrected chi connectivity index (χ4v) is 2.61. The molecule has 102 valence electrons. The number of carboxylic acids is 1. The minimum atomic E-state index is -0.943. The highest BCUT2D eigenvalue weighted by Gasteiger charge is 2.18. The summed E-state index contributed by atoms with van der Waals surface area (Å²) < 4.78 is 5.16. The molecule has 0 aliphatic rings. The molecular formula is C13H16N2O3S. The third-order valence-electron chi connectivity index (χ3n) is 2.63. The maximum Gasteiger partial charge on any atom is 0.333 e. The number of carboxylic acid groups (broad SMARTS) is 1. The molecule has 1 heterocycles. The van der Waals surface area contributed by atoms with E-state index in [9.17, 15) is 4.79 Å². The third kappa shape index (κ3) is 3.48. The molecule has 0 aliphatic heterocycles. The molecule has 0 saturated carbocycles. The van der Waals surface area contributed by atoms with E-state index in [0.29, 0.717) is 17.5 Å². The Balaban J connectivity index is 2.06. The van der Waals surface area contributed by atoms with Gasteiger partial charge >= 0.3 is 5.97 Å². The van der Waals surface area contributed by atoms with Crippen LogP contribution in [0.15, 0.2) is 23.4 Å². The number of hydrogen-bond donors (Lipinski definition) is 2. The van der Waals surface area contributed by atoms with Gasteiger partial charge in [0, 0.05) is 12.4 Å². The highest BCUT2D eigenvalue weighted by Crippen LogP contribution is 2.21. The summed E-state index contributed by atoms with van der Waals surface area (Å²) >= 11 is 1.36. The van der Waals surface area contributed by atoms with Crippen LogP contribution in [0.1, 0.15) is 12.5 Å². The van der Waals surface area contributed by atoms with Crippen molar-refractivity contribution >= 4 is 28.8 Å². The van der Waals surface area contributed by atoms with E-state index in [4.69, 9.17) is 9.84 Å². The Morgan fingerprint density at radius 1 is 1.58 bits per heavy atom. The number of aromatic amines is 1. The number of ether oxygens (including phenoxy) is 1. The molecule has 19 heavy (non-hydrogen) atoms. The van der Waals surface area contributed by atoms with Crippen LogP contribution in [0.2, 0.25) is 0 Å². The first-order valence-corrected chi connectivity index (χ1v) is 7.02. The van der Waals surface area contributed by atoms with Gasteiger partial charge in [0.2, 0.25) is 0 Å². The number of carbonyl (C=O) groups is 1. The van der Waals surface area contributed by atoms with E-state index in [2.05, 4.69) is 9.97 Å². The number of aromatic nitrogens is 2. The Bertz CT molecular complexity index is 582. The number of benzene rings is 1. The molecule has 0 bridgehead atoms. The van der Waals surface area contributed by atoms with Crippen LogP contribution < -0.4 is 0 Å². The fraction of sp³-hybridized carbons (Fsp3) is 0.385. The second-order valence-electron chi connectivity index (χ2n) is 4.16. The quantitative estimate of drug-likeness (QED) is 0.795. The Labute approximate surface area is 115 Å². The van der Waals surface area contributed by atoms with Gasteiger partial charge in [-0.1, -0.05) is 17.8 Å². The average molecular weight is 280 g/mol. The van der Waals surface area contributed by atoms with Gasteiger partial charge in [0.25, 0.3) is 0 Å². The minimum absolute atomic E-state index is 0.335. The number of fused-ring (bicyclic) bond motifs is 1. The fourth-order valence-electron chi connectivity index (χ4n) is 1.71. The maximum absolute atomic E-state index is 11.0. The van der Waals surface area contributed by atoms with Crippen molar-refractivity contribution in [3.8, 4) is 0 Å². The second kappa shape index (κ2) is 6.08. The van der Waals surface area contributed by atoms with E-state index in [1.165, 1.54) is 11.8 Å². The summed E-state index contributed by atoms with van der Waals surface area (Å²) in [7, 11) is 0. The number of imidazole rings is 1. The first-order valence-electron chi connectivity index (χ1n) is 6.03. The van der Waals surface area contributed by atoms with Crippen LogP contribution in [0.4, 0.5) is 0 Å². The van der Waals surface area contributed by atoms with Crippen molar-refractivity contribution in [1.82, 2.24) is 9.97 Å². The lowest BCUT2D eigenvalue weighted by atomic mass is 10.2. The summed E-state index contributed by atoms with van der Waals surface area (Å²) in [6.45, 7) is 4.18. The van der Waals surface area contributed by atoms with E-state index in [1.807, 2.05) is 25.1 Å². The van der Waals surface area contributed by atoms with Gasteiger partial charge in [-0.05, 0) is 31.5 Å². The predicted molar refractivity (Wildman–Crippen MR) is 74.6 cm³/mol. The zero-order valence-electron chi connectivity index (χ0n) is 10.8. The van der Waals surface area contributed by atoms with Crippen molar-refractivity contribution in [2.75, 3.05) is 12.4 Å². The van der Waals surface area contributed by atoms with Gasteiger partial charge in [0.05, 0.1) is 11.0 Å². The number of nitrogens with zero attached hydrogens (tertiary/aromatic N) is 1. The minimum Gasteiger partial charge on any atom is -0.479 e. The summed E-state index contributed by atoms with van der Waals surface area (Å²) in [5, 5.41) is 9.70. The van der Waals surface area contributed by atoms with Crippen LogP contribution in [-0.2, 0) is 9.53 Å². The van der Waals surface area contributed by atoms with Gasteiger partial charge in [0.1, 0.15) is 0 Å². The topological polar surface area (TPSA) is 75.2 Å². The van der Waals surface area contributed by atoms with E-state index < -0.39 is 12.1 Å². The average Bonchev–Trinajstić information content (AvgIpc) is 2.75. The molecule has 1 atom stereocenters. The predicted octanol–water partition coefficient (Wildman–Crippen LogP) is 2.45. The van der Waals surface area contributed by atoms with E-state index in [-0.39, 0.29) is 0 Å². The molecule has 2 N–H and O–H groups in total. The molecule has 0 saturated heterocycles. The Kier molecular flexibility index (Phi) is 4.44. The van der Waals surface area contributed by atoms with Crippen molar-refractivity contribution in [2.45, 2.75) is 25.1 Å². The van der Waals surface area contributed by atoms with Gasteiger partial charge in [0.15, 0.2) is 11.3 Å². The molecular weight excluding hydrogens is 264 g/mol. The normalized spacial score (nSPS) is 12.7. The maximum atomic E-state index is 11.0. The van der Waals surface area contributed by atoms with Crippen LogP contribution in [-0.4, -0.2) is 39.5 Å². The standard InChI is InChI=1S/C13H16N2O3S/c1-3-18-11(12(16)17)7-19-13-14-9-5-4-8(2)6-10(9)15-13/h4-6,11H,3,7H2,1-2H3,(H,14,15)(H,16,17). The molecule has 2 rings (SSSR count). The molecule has 1 unspecified atom stereocenters. The molecule has 0 radical (unpaired) electrons. The van der Waals surface area contributed by atoms with Crippen LogP contribution in [0, 0.1) is 6.92 Å². The molecule has 2 aromatic rings. The number of rotatable bonds is 6. The lowest BCUT2D eigenvalue weighted by Gasteiger charge is -2.10. The first kappa shape index (κ1) is 13.9. The highest BCUT2D eigenvalue weighted by molar-refractivity contribution is 7.99. The van der Waals surface area contributed by atoms with E-state index >= 15 is 0 Å². The van der Waals surface area contributed by atoms with E-state index in [1.54, 1.807) is 6.92 Å². The molecule has 1 aromatic heterocycles. The summed E-state index contributed by atoms with van der Waals surface area (Å²) in [6.07, 6.45) is -0.801. The smallest absolute Gasteiger partial charge is 0.333 e. The van der Waals surface area contributed by atoms with Crippen molar-refractivity contribution in [1.29, 1.82) is 0 Å². The lowest BCUT2D eigenvalue weighted by molar-refractivity contribution is -0.148. The van der Waals surface area contributed by atoms with Crippen molar-refractivity contribution in [2.24, 2.45) is 0 Å². The zero-order valence-corrected chi connectivity index (χ0v) is 11.7. The van der Waals surface area contributed by atoms with Crippen LogP contribution in [0.5, 0.6) is 0 Å². The van der Waals surface area contributed by atoms with Gasteiger partial charge in [-0.25, -0.2) is 9.78 Å². The van der Waals surface area contributed by atoms with Crippen molar-refractivity contribution in [3.63, 3.8) is 0 Å². The molecule has 0 amide bonds. The molecule has 0 aliphatic carbocycles. The van der Waals surface area contributed by atoms with Gasteiger partial charge in [-0.15, -0.1) is 0 Å². The molecule has 5 nitrogen and oxygen atoms in total. The largest absolute Gasteiger partial charge is 0.479 e. The molecule has 1 aromatic carbocycles. The summed E-state index contributed by atoms with van der Waals surface area (Å²) in [5.74, 6) is -0.608. The Morgan fingerprint density at radius 2 is 2.37 bits per heavy atom. The number of hydrogen-bond acceptors (Lipinski definition) is 4. The molecule has 6 heteroatoms. The zero-order chi connectivity index (χ0) is 13.8. The lowest BCUT2D eigenvalue weighted by Crippen LogP contribution is -2.26. The monoisotopic (exact) mass is 280 g/mol.